The Morgan fingerprint density at radius 2 is 2.06 bits per heavy atom. The quantitative estimate of drug-likeness (QED) is 0.803. The first-order chi connectivity index (χ1) is 8.35. The molecule has 0 saturated heterocycles. The maximum atomic E-state index is 5.51. The van der Waals surface area contributed by atoms with Gasteiger partial charge >= 0.3 is 0 Å². The second kappa shape index (κ2) is 5.64. The summed E-state index contributed by atoms with van der Waals surface area (Å²) in [5, 5.41) is 1.16. The van der Waals surface area contributed by atoms with Crippen LogP contribution < -0.4 is 10.5 Å². The highest BCUT2D eigenvalue weighted by molar-refractivity contribution is 5.80. The van der Waals surface area contributed by atoms with Crippen molar-refractivity contribution in [3.63, 3.8) is 0 Å². The number of pyridine rings is 1. The molecular weight excluding hydrogens is 212 g/mol. The molecule has 2 aromatic rings. The monoisotopic (exact) mass is 230 g/mol. The van der Waals surface area contributed by atoms with E-state index in [0.717, 1.165) is 42.6 Å². The summed E-state index contributed by atoms with van der Waals surface area (Å²) >= 11 is 0. The summed E-state index contributed by atoms with van der Waals surface area (Å²) in [5.41, 5.74) is 7.65. The second-order valence-electron chi connectivity index (χ2n) is 4.10. The summed E-state index contributed by atoms with van der Waals surface area (Å²) in [7, 11) is 1.67. The van der Waals surface area contributed by atoms with Crippen LogP contribution in [0.15, 0.2) is 30.3 Å². The molecule has 1 aromatic heterocycles. The molecule has 2 N–H and O–H groups in total. The molecule has 0 spiro atoms. The molecule has 0 bridgehead atoms. The standard InChI is InChI=1S/C14H18N2O/c1-17-14-12(7-4-5-9-15)10-11-6-2-3-8-13(11)16-14/h2-3,6,8,10H,4-5,7,9,15H2,1H3. The third-order valence-corrected chi connectivity index (χ3v) is 2.86. The molecule has 0 radical (unpaired) electrons. The summed E-state index contributed by atoms with van der Waals surface area (Å²) < 4.78 is 5.34. The number of fused-ring (bicyclic) bond motifs is 1. The number of benzene rings is 1. The van der Waals surface area contributed by atoms with Gasteiger partial charge in [0.2, 0.25) is 5.88 Å². The Balaban J connectivity index is 2.32. The predicted molar refractivity (Wildman–Crippen MR) is 70.3 cm³/mol. The molecule has 0 amide bonds. The molecule has 90 valence electrons. The number of rotatable bonds is 5. The highest BCUT2D eigenvalue weighted by atomic mass is 16.5. The molecule has 3 nitrogen and oxygen atoms in total. The highest BCUT2D eigenvalue weighted by Gasteiger charge is 2.06. The molecule has 1 aromatic carbocycles. The second-order valence-corrected chi connectivity index (χ2v) is 4.10. The fraction of sp³-hybridized carbons (Fsp3) is 0.357. The van der Waals surface area contributed by atoms with Gasteiger partial charge in [0, 0.05) is 10.9 Å². The van der Waals surface area contributed by atoms with Gasteiger partial charge in [0.15, 0.2) is 0 Å². The zero-order valence-corrected chi connectivity index (χ0v) is 10.1. The zero-order chi connectivity index (χ0) is 12.1. The van der Waals surface area contributed by atoms with Crippen LogP contribution in [-0.4, -0.2) is 18.6 Å². The molecule has 0 fully saturated rings. The topological polar surface area (TPSA) is 48.1 Å². The van der Waals surface area contributed by atoms with Gasteiger partial charge in [0.1, 0.15) is 0 Å². The first-order valence-corrected chi connectivity index (χ1v) is 5.98. The Hall–Kier alpha value is -1.61. The van der Waals surface area contributed by atoms with Gasteiger partial charge in [-0.05, 0) is 37.9 Å². The van der Waals surface area contributed by atoms with Crippen molar-refractivity contribution in [2.45, 2.75) is 19.3 Å². The van der Waals surface area contributed by atoms with Gasteiger partial charge in [-0.3, -0.25) is 0 Å². The lowest BCUT2D eigenvalue weighted by Gasteiger charge is -2.09. The van der Waals surface area contributed by atoms with E-state index in [-0.39, 0.29) is 0 Å². The van der Waals surface area contributed by atoms with Crippen LogP contribution in [0.4, 0.5) is 0 Å². The summed E-state index contributed by atoms with van der Waals surface area (Å²) in [6.07, 6.45) is 3.08. The van der Waals surface area contributed by atoms with Crippen molar-refractivity contribution in [2.75, 3.05) is 13.7 Å². The lowest BCUT2D eigenvalue weighted by Crippen LogP contribution is -2.01. The van der Waals surface area contributed by atoms with Crippen LogP contribution in [0, 0.1) is 0 Å². The van der Waals surface area contributed by atoms with E-state index in [1.54, 1.807) is 7.11 Å². The van der Waals surface area contributed by atoms with Crippen LogP contribution in [0.1, 0.15) is 18.4 Å². The van der Waals surface area contributed by atoms with Gasteiger partial charge in [-0.15, -0.1) is 0 Å². The third kappa shape index (κ3) is 2.74. The number of methoxy groups -OCH3 is 1. The fourth-order valence-corrected chi connectivity index (χ4v) is 1.96. The molecule has 3 heteroatoms. The first-order valence-electron chi connectivity index (χ1n) is 5.98. The minimum atomic E-state index is 0.737. The van der Waals surface area contributed by atoms with Crippen molar-refractivity contribution in [1.82, 2.24) is 4.98 Å². The summed E-state index contributed by atoms with van der Waals surface area (Å²) in [5.74, 6) is 0.737. The van der Waals surface area contributed by atoms with E-state index >= 15 is 0 Å². The van der Waals surface area contributed by atoms with Crippen molar-refractivity contribution in [2.24, 2.45) is 5.73 Å². The molecule has 0 aliphatic carbocycles. The molecule has 1 heterocycles. The Kier molecular flexibility index (Phi) is 3.94. The summed E-state index contributed by atoms with van der Waals surface area (Å²) in [6.45, 7) is 0.739. The first kappa shape index (κ1) is 11.9. The number of hydrogen-bond donors (Lipinski definition) is 1. The highest BCUT2D eigenvalue weighted by Crippen LogP contribution is 2.23. The normalized spacial score (nSPS) is 10.7. The van der Waals surface area contributed by atoms with Gasteiger partial charge in [0.25, 0.3) is 0 Å². The van der Waals surface area contributed by atoms with E-state index in [0.29, 0.717) is 0 Å². The fourth-order valence-electron chi connectivity index (χ4n) is 1.96. The Labute approximate surface area is 102 Å². The van der Waals surface area contributed by atoms with Crippen molar-refractivity contribution in [3.05, 3.63) is 35.9 Å². The van der Waals surface area contributed by atoms with Crippen LogP contribution >= 0.6 is 0 Å². The van der Waals surface area contributed by atoms with E-state index in [4.69, 9.17) is 10.5 Å². The van der Waals surface area contributed by atoms with E-state index in [9.17, 15) is 0 Å². The van der Waals surface area contributed by atoms with Crippen LogP contribution in [0.2, 0.25) is 0 Å². The molecule has 0 atom stereocenters. The Morgan fingerprint density at radius 3 is 2.82 bits per heavy atom. The number of nitrogens with two attached hydrogens (primary N) is 1. The number of aryl methyl sites for hydroxylation is 1. The SMILES string of the molecule is COc1nc2ccccc2cc1CCCCN. The van der Waals surface area contributed by atoms with Gasteiger partial charge < -0.3 is 10.5 Å². The van der Waals surface area contributed by atoms with Gasteiger partial charge in [-0.2, -0.15) is 0 Å². The van der Waals surface area contributed by atoms with Gasteiger partial charge in [0.05, 0.1) is 12.6 Å². The number of ether oxygens (including phenoxy) is 1. The number of unbranched alkanes of at least 4 members (excludes halogenated alkanes) is 1. The number of hydrogen-bond acceptors (Lipinski definition) is 3. The van der Waals surface area contributed by atoms with Crippen LogP contribution in [0.25, 0.3) is 10.9 Å². The summed E-state index contributed by atoms with van der Waals surface area (Å²) in [4.78, 5) is 4.52. The van der Waals surface area contributed by atoms with Crippen molar-refractivity contribution < 1.29 is 4.74 Å². The molecular formula is C14H18N2O. The number of nitrogens with zero attached hydrogens (tertiary/aromatic N) is 1. The lowest BCUT2D eigenvalue weighted by atomic mass is 10.1. The smallest absolute Gasteiger partial charge is 0.216 e. The van der Waals surface area contributed by atoms with E-state index < -0.39 is 0 Å². The van der Waals surface area contributed by atoms with E-state index in [1.165, 1.54) is 5.56 Å². The maximum absolute atomic E-state index is 5.51. The number of aromatic nitrogens is 1. The van der Waals surface area contributed by atoms with E-state index in [2.05, 4.69) is 17.1 Å². The minimum absolute atomic E-state index is 0.737. The predicted octanol–water partition coefficient (Wildman–Crippen LogP) is 2.52. The molecule has 0 saturated carbocycles. The average molecular weight is 230 g/mol. The van der Waals surface area contributed by atoms with Crippen LogP contribution in [-0.2, 0) is 6.42 Å². The zero-order valence-electron chi connectivity index (χ0n) is 10.1. The van der Waals surface area contributed by atoms with Gasteiger partial charge in [-0.1, -0.05) is 18.2 Å². The Bertz CT molecular complexity index is 497. The third-order valence-electron chi connectivity index (χ3n) is 2.86. The van der Waals surface area contributed by atoms with Crippen molar-refractivity contribution in [1.29, 1.82) is 0 Å². The van der Waals surface area contributed by atoms with Crippen LogP contribution in [0.3, 0.4) is 0 Å². The molecule has 17 heavy (non-hydrogen) atoms. The molecule has 0 aliphatic rings. The Morgan fingerprint density at radius 1 is 1.24 bits per heavy atom. The van der Waals surface area contributed by atoms with Gasteiger partial charge in [-0.25, -0.2) is 4.98 Å². The maximum Gasteiger partial charge on any atom is 0.216 e. The number of para-hydroxylation sites is 1. The minimum Gasteiger partial charge on any atom is -0.481 e. The molecule has 0 aliphatic heterocycles. The van der Waals surface area contributed by atoms with E-state index in [1.807, 2.05) is 18.2 Å². The average Bonchev–Trinajstić information content (AvgIpc) is 2.38. The molecule has 0 unspecified atom stereocenters. The molecule has 2 rings (SSSR count). The van der Waals surface area contributed by atoms with Crippen LogP contribution in [0.5, 0.6) is 5.88 Å². The summed E-state index contributed by atoms with van der Waals surface area (Å²) in [6, 6.07) is 10.3. The van der Waals surface area contributed by atoms with Crippen molar-refractivity contribution in [3.8, 4) is 5.88 Å². The lowest BCUT2D eigenvalue weighted by molar-refractivity contribution is 0.393. The van der Waals surface area contributed by atoms with Crippen molar-refractivity contribution >= 4 is 10.9 Å². The largest absolute Gasteiger partial charge is 0.481 e.